The Morgan fingerprint density at radius 1 is 1.37 bits per heavy atom. The molecule has 6 atom stereocenters. The third kappa shape index (κ3) is 3.99. The van der Waals surface area contributed by atoms with Gasteiger partial charge in [-0.15, -0.1) is 0 Å². The van der Waals surface area contributed by atoms with Gasteiger partial charge in [-0.2, -0.15) is 0 Å². The Balaban J connectivity index is 1.68. The van der Waals surface area contributed by atoms with Crippen molar-refractivity contribution in [1.29, 1.82) is 0 Å². The molecule has 0 radical (unpaired) electrons. The summed E-state index contributed by atoms with van der Waals surface area (Å²) in [6.07, 6.45) is 1.31. The van der Waals surface area contributed by atoms with Crippen molar-refractivity contribution in [3.8, 4) is 0 Å². The fourth-order valence-electron chi connectivity index (χ4n) is 2.97. The van der Waals surface area contributed by atoms with E-state index in [1.807, 2.05) is 6.26 Å². The second-order valence-electron chi connectivity index (χ2n) is 6.51. The summed E-state index contributed by atoms with van der Waals surface area (Å²) in [5.41, 5.74) is 12.1. The number of hydrogen-bond donors (Lipinski definition) is 5. The van der Waals surface area contributed by atoms with Crippen LogP contribution in [0.25, 0.3) is 11.2 Å². The number of ether oxygens (including phenoxy) is 1. The van der Waals surface area contributed by atoms with Crippen LogP contribution in [0.1, 0.15) is 12.6 Å². The predicted molar refractivity (Wildman–Crippen MR) is 98.9 cm³/mol. The van der Waals surface area contributed by atoms with E-state index in [4.69, 9.17) is 21.3 Å². The molecule has 0 saturated carbocycles. The number of aliphatic hydroxyl groups excluding tert-OH is 2. The van der Waals surface area contributed by atoms with Gasteiger partial charge in [0.15, 0.2) is 17.7 Å². The number of nitrogens with two attached hydrogens (primary N) is 2. The lowest BCUT2D eigenvalue weighted by Crippen LogP contribution is -2.37. The Bertz CT molecular complexity index is 819. The number of aliphatic carboxylic acids is 1. The number of carbonyl (C=O) groups is 1. The van der Waals surface area contributed by atoms with Gasteiger partial charge < -0.3 is 31.5 Å². The molecular formula is C15H23N6O5S+. The van der Waals surface area contributed by atoms with E-state index in [1.54, 1.807) is 0 Å². The van der Waals surface area contributed by atoms with Crippen molar-refractivity contribution in [3.63, 3.8) is 0 Å². The molecule has 12 heteroatoms. The lowest BCUT2D eigenvalue weighted by molar-refractivity contribution is -0.138. The maximum atomic E-state index is 10.8. The molecule has 1 saturated heterocycles. The number of anilines is 1. The largest absolute Gasteiger partial charge is 0.480 e. The van der Waals surface area contributed by atoms with Gasteiger partial charge in [0.25, 0.3) is 0 Å². The van der Waals surface area contributed by atoms with Crippen LogP contribution >= 0.6 is 0 Å². The van der Waals surface area contributed by atoms with Crippen molar-refractivity contribution in [2.24, 2.45) is 5.73 Å². The topological polar surface area (TPSA) is 183 Å². The van der Waals surface area contributed by atoms with Gasteiger partial charge in [0.05, 0.1) is 12.6 Å². The van der Waals surface area contributed by atoms with Crippen LogP contribution in [0.5, 0.6) is 0 Å². The van der Waals surface area contributed by atoms with E-state index in [-0.39, 0.29) is 16.7 Å². The Morgan fingerprint density at radius 3 is 2.81 bits per heavy atom. The summed E-state index contributed by atoms with van der Waals surface area (Å²) in [6.45, 7) is 0. The molecule has 2 aromatic rings. The molecule has 0 amide bonds. The predicted octanol–water partition coefficient (Wildman–Crippen LogP) is -1.92. The molecule has 2 aromatic heterocycles. The molecule has 3 unspecified atom stereocenters. The minimum absolute atomic E-state index is 0.216. The van der Waals surface area contributed by atoms with Crippen LogP contribution in [0.4, 0.5) is 5.82 Å². The van der Waals surface area contributed by atoms with Gasteiger partial charge in [-0.1, -0.05) is 0 Å². The van der Waals surface area contributed by atoms with E-state index in [9.17, 15) is 15.0 Å². The van der Waals surface area contributed by atoms with Crippen LogP contribution in [0, 0.1) is 0 Å². The van der Waals surface area contributed by atoms with Crippen molar-refractivity contribution in [3.05, 3.63) is 12.7 Å². The quantitative estimate of drug-likeness (QED) is 0.329. The smallest absolute Gasteiger partial charge is 0.320 e. The molecule has 27 heavy (non-hydrogen) atoms. The Hall–Kier alpha value is -1.99. The standard InChI is InChI=1S/C15H22N6O5S/c1-27(3-2-7(16)15(24)25)4-8-10(22)11(23)14(26-8)21-6-20-9-12(17)18-5-19-13(9)21/h5-8,10-11,14,22-23H,2-4,16H2,1H3,(H2-,17,18,19,24,25)/p+1/t7-,8-,10?,11?,14-,27?/m1/s1. The molecule has 0 aliphatic carbocycles. The van der Waals surface area contributed by atoms with Crippen LogP contribution in [-0.2, 0) is 20.4 Å². The van der Waals surface area contributed by atoms with Gasteiger partial charge in [-0.25, -0.2) is 15.0 Å². The molecular weight excluding hydrogens is 376 g/mol. The van der Waals surface area contributed by atoms with E-state index < -0.39 is 36.6 Å². The van der Waals surface area contributed by atoms with Crippen molar-refractivity contribution in [2.45, 2.75) is 37.0 Å². The first-order chi connectivity index (χ1) is 12.8. The van der Waals surface area contributed by atoms with E-state index in [0.29, 0.717) is 29.1 Å². The number of fused-ring (bicyclic) bond motifs is 1. The summed E-state index contributed by atoms with van der Waals surface area (Å²) < 4.78 is 7.41. The number of carboxylic acids is 1. The highest BCUT2D eigenvalue weighted by Crippen LogP contribution is 2.32. The van der Waals surface area contributed by atoms with E-state index in [1.165, 1.54) is 17.2 Å². The molecule has 1 fully saturated rings. The monoisotopic (exact) mass is 399 g/mol. The van der Waals surface area contributed by atoms with E-state index >= 15 is 0 Å². The summed E-state index contributed by atoms with van der Waals surface area (Å²) in [4.78, 5) is 23.0. The average molecular weight is 399 g/mol. The highest BCUT2D eigenvalue weighted by molar-refractivity contribution is 7.96. The molecule has 148 valence electrons. The Morgan fingerprint density at radius 2 is 2.11 bits per heavy atom. The number of hydrogen-bond acceptors (Lipinski definition) is 9. The highest BCUT2D eigenvalue weighted by Gasteiger charge is 2.46. The normalized spacial score (nSPS) is 27.7. The first-order valence-corrected chi connectivity index (χ1v) is 10.3. The molecule has 0 spiro atoms. The number of imidazole rings is 1. The van der Waals surface area contributed by atoms with Crippen LogP contribution < -0.4 is 11.5 Å². The zero-order valence-corrected chi connectivity index (χ0v) is 15.5. The summed E-state index contributed by atoms with van der Waals surface area (Å²) in [6, 6.07) is -0.907. The van der Waals surface area contributed by atoms with Crippen molar-refractivity contribution < 1.29 is 24.9 Å². The summed E-state index contributed by atoms with van der Waals surface area (Å²) in [5, 5.41) is 29.7. The van der Waals surface area contributed by atoms with E-state index in [0.717, 1.165) is 0 Å². The third-order valence-electron chi connectivity index (χ3n) is 4.54. The van der Waals surface area contributed by atoms with Crippen LogP contribution in [0.15, 0.2) is 12.7 Å². The van der Waals surface area contributed by atoms with Crippen LogP contribution in [-0.4, -0.2) is 82.9 Å². The average Bonchev–Trinajstić information content (AvgIpc) is 3.17. The molecule has 11 nitrogen and oxygen atoms in total. The molecule has 1 aliphatic rings. The van der Waals surface area contributed by atoms with Crippen molar-refractivity contribution in [2.75, 3.05) is 23.5 Å². The maximum Gasteiger partial charge on any atom is 0.320 e. The highest BCUT2D eigenvalue weighted by atomic mass is 32.2. The lowest BCUT2D eigenvalue weighted by atomic mass is 10.1. The third-order valence-corrected chi connectivity index (χ3v) is 6.37. The first-order valence-electron chi connectivity index (χ1n) is 8.31. The van der Waals surface area contributed by atoms with Gasteiger partial charge in [0.2, 0.25) is 0 Å². The number of aromatic nitrogens is 4. The van der Waals surface area contributed by atoms with Gasteiger partial charge in [0, 0.05) is 6.42 Å². The number of nitrogens with zero attached hydrogens (tertiary/aromatic N) is 4. The first kappa shape index (κ1) is 19.8. The molecule has 7 N–H and O–H groups in total. The lowest BCUT2D eigenvalue weighted by Gasteiger charge is -2.16. The zero-order chi connectivity index (χ0) is 19.7. The summed E-state index contributed by atoms with van der Waals surface area (Å²) in [7, 11) is -0.235. The number of rotatable bonds is 7. The minimum atomic E-state index is -1.16. The van der Waals surface area contributed by atoms with Gasteiger partial charge in [-0.05, 0) is 10.9 Å². The number of nitrogen functional groups attached to an aromatic ring is 1. The second kappa shape index (κ2) is 7.94. The minimum Gasteiger partial charge on any atom is -0.480 e. The van der Waals surface area contributed by atoms with E-state index in [2.05, 4.69) is 15.0 Å². The SMILES string of the molecule is C[S+](CC[C@@H](N)C(=O)O)C[C@H]1O[C@@H](n2cnc3c(N)ncnc32)C(O)C1O. The van der Waals surface area contributed by atoms with Crippen LogP contribution in [0.2, 0.25) is 0 Å². The second-order valence-corrected chi connectivity index (χ2v) is 8.82. The zero-order valence-electron chi connectivity index (χ0n) is 14.7. The van der Waals surface area contributed by atoms with Crippen LogP contribution in [0.3, 0.4) is 0 Å². The molecule has 1 aliphatic heterocycles. The summed E-state index contributed by atoms with van der Waals surface area (Å²) >= 11 is 0. The molecule has 0 bridgehead atoms. The molecule has 3 rings (SSSR count). The maximum absolute atomic E-state index is 10.8. The molecule has 0 aromatic carbocycles. The fraction of sp³-hybridized carbons (Fsp3) is 0.600. The van der Waals surface area contributed by atoms with Gasteiger partial charge in [-0.3, -0.25) is 9.36 Å². The fourth-order valence-corrected chi connectivity index (χ4v) is 4.63. The molecule has 3 heterocycles. The number of carboxylic acid groups (broad SMARTS) is 1. The Kier molecular flexibility index (Phi) is 5.81. The van der Waals surface area contributed by atoms with Gasteiger partial charge >= 0.3 is 5.97 Å². The summed E-state index contributed by atoms with van der Waals surface area (Å²) in [5.74, 6) is 0.254. The van der Waals surface area contributed by atoms with Crippen molar-refractivity contribution in [1.82, 2.24) is 19.5 Å². The number of aliphatic hydroxyl groups is 2. The Labute approximate surface area is 157 Å². The van der Waals surface area contributed by atoms with Crippen molar-refractivity contribution >= 4 is 33.8 Å². The van der Waals surface area contributed by atoms with Gasteiger partial charge in [0.1, 0.15) is 47.7 Å².